The minimum atomic E-state index is -0.515. The van der Waals surface area contributed by atoms with Crippen LogP contribution in [0, 0.1) is 6.92 Å². The van der Waals surface area contributed by atoms with Crippen molar-refractivity contribution in [3.63, 3.8) is 0 Å². The van der Waals surface area contributed by atoms with Crippen LogP contribution in [0.3, 0.4) is 0 Å². The third-order valence-electron chi connectivity index (χ3n) is 2.67. The van der Waals surface area contributed by atoms with Gasteiger partial charge < -0.3 is 9.84 Å². The molecule has 0 saturated carbocycles. The molecular weight excluding hydrogens is 228 g/mol. The van der Waals surface area contributed by atoms with E-state index in [-0.39, 0.29) is 0 Å². The molecule has 0 aromatic carbocycles. The summed E-state index contributed by atoms with van der Waals surface area (Å²) >= 11 is 0. The summed E-state index contributed by atoms with van der Waals surface area (Å²) in [6.45, 7) is 3.80. The van der Waals surface area contributed by atoms with E-state index in [1.54, 1.807) is 24.5 Å². The molecular formula is C14H16N2O2. The SMILES string of the molecule is CC[C@@H](O)c1ccc(Oc2cccnc2C)cn1. The molecule has 0 saturated heterocycles. The quantitative estimate of drug-likeness (QED) is 0.898. The molecule has 0 bridgehead atoms. The van der Waals surface area contributed by atoms with Gasteiger partial charge in [0.2, 0.25) is 0 Å². The highest BCUT2D eigenvalue weighted by Crippen LogP contribution is 2.23. The number of aryl methyl sites for hydroxylation is 1. The van der Waals surface area contributed by atoms with E-state index in [0.717, 1.165) is 5.69 Å². The van der Waals surface area contributed by atoms with E-state index in [0.29, 0.717) is 23.6 Å². The number of hydrogen-bond acceptors (Lipinski definition) is 4. The van der Waals surface area contributed by atoms with Crippen molar-refractivity contribution < 1.29 is 9.84 Å². The van der Waals surface area contributed by atoms with Crippen LogP contribution in [0.2, 0.25) is 0 Å². The largest absolute Gasteiger partial charge is 0.454 e. The molecule has 0 amide bonds. The summed E-state index contributed by atoms with van der Waals surface area (Å²) < 4.78 is 5.67. The summed E-state index contributed by atoms with van der Waals surface area (Å²) in [5, 5.41) is 9.64. The van der Waals surface area contributed by atoms with Crippen LogP contribution in [-0.2, 0) is 0 Å². The number of rotatable bonds is 4. The predicted molar refractivity (Wildman–Crippen MR) is 68.5 cm³/mol. The molecule has 0 aliphatic rings. The first-order valence-corrected chi connectivity index (χ1v) is 5.94. The van der Waals surface area contributed by atoms with Crippen LogP contribution in [0.15, 0.2) is 36.7 Å². The van der Waals surface area contributed by atoms with Gasteiger partial charge >= 0.3 is 0 Å². The average molecular weight is 244 g/mol. The molecule has 4 heteroatoms. The first-order valence-electron chi connectivity index (χ1n) is 5.94. The zero-order chi connectivity index (χ0) is 13.0. The van der Waals surface area contributed by atoms with Crippen molar-refractivity contribution in [2.45, 2.75) is 26.4 Å². The first-order chi connectivity index (χ1) is 8.70. The molecule has 0 fully saturated rings. The second kappa shape index (κ2) is 5.60. The van der Waals surface area contributed by atoms with Gasteiger partial charge in [-0.25, -0.2) is 0 Å². The fourth-order valence-electron chi connectivity index (χ4n) is 1.56. The van der Waals surface area contributed by atoms with Crippen LogP contribution < -0.4 is 4.74 Å². The van der Waals surface area contributed by atoms with E-state index in [2.05, 4.69) is 9.97 Å². The highest BCUT2D eigenvalue weighted by Gasteiger charge is 2.07. The molecule has 2 rings (SSSR count). The van der Waals surface area contributed by atoms with Crippen molar-refractivity contribution in [1.82, 2.24) is 9.97 Å². The lowest BCUT2D eigenvalue weighted by atomic mass is 10.2. The van der Waals surface area contributed by atoms with Gasteiger partial charge in [-0.3, -0.25) is 9.97 Å². The van der Waals surface area contributed by atoms with Crippen LogP contribution in [0.1, 0.15) is 30.8 Å². The summed E-state index contributed by atoms with van der Waals surface area (Å²) in [5.41, 5.74) is 1.49. The number of nitrogens with zero attached hydrogens (tertiary/aromatic N) is 2. The van der Waals surface area contributed by atoms with Crippen molar-refractivity contribution in [1.29, 1.82) is 0 Å². The summed E-state index contributed by atoms with van der Waals surface area (Å²) in [6.07, 6.45) is 3.47. The lowest BCUT2D eigenvalue weighted by Gasteiger charge is -2.09. The molecule has 0 aliphatic heterocycles. The molecule has 1 atom stereocenters. The number of aliphatic hydroxyl groups excluding tert-OH is 1. The van der Waals surface area contributed by atoms with E-state index >= 15 is 0 Å². The van der Waals surface area contributed by atoms with E-state index < -0.39 is 6.10 Å². The Morgan fingerprint density at radius 2 is 2.11 bits per heavy atom. The normalized spacial score (nSPS) is 12.2. The Labute approximate surface area is 106 Å². The summed E-state index contributed by atoms with van der Waals surface area (Å²) in [7, 11) is 0. The van der Waals surface area contributed by atoms with Gasteiger partial charge in [0.1, 0.15) is 11.5 Å². The zero-order valence-corrected chi connectivity index (χ0v) is 10.5. The Morgan fingerprint density at radius 3 is 2.72 bits per heavy atom. The lowest BCUT2D eigenvalue weighted by molar-refractivity contribution is 0.169. The Hall–Kier alpha value is -1.94. The van der Waals surface area contributed by atoms with E-state index in [4.69, 9.17) is 4.74 Å². The topological polar surface area (TPSA) is 55.2 Å². The second-order valence-electron chi connectivity index (χ2n) is 4.03. The summed E-state index contributed by atoms with van der Waals surface area (Å²) in [4.78, 5) is 8.33. The van der Waals surface area contributed by atoms with Crippen LogP contribution in [0.25, 0.3) is 0 Å². The van der Waals surface area contributed by atoms with Crippen LogP contribution in [-0.4, -0.2) is 15.1 Å². The predicted octanol–water partition coefficient (Wildman–Crippen LogP) is 3.02. The number of pyridine rings is 2. The number of hydrogen-bond donors (Lipinski definition) is 1. The minimum absolute atomic E-state index is 0.515. The van der Waals surface area contributed by atoms with Gasteiger partial charge in [0, 0.05) is 6.20 Å². The average Bonchev–Trinajstić information content (AvgIpc) is 2.41. The molecule has 2 aromatic rings. The first kappa shape index (κ1) is 12.5. The smallest absolute Gasteiger partial charge is 0.148 e. The Kier molecular flexibility index (Phi) is 3.89. The van der Waals surface area contributed by atoms with E-state index in [1.807, 2.05) is 26.0 Å². The molecule has 1 N–H and O–H groups in total. The molecule has 2 aromatic heterocycles. The third-order valence-corrected chi connectivity index (χ3v) is 2.67. The van der Waals surface area contributed by atoms with E-state index in [9.17, 15) is 5.11 Å². The molecule has 0 aliphatic carbocycles. The maximum absolute atomic E-state index is 9.64. The van der Waals surface area contributed by atoms with Gasteiger partial charge in [-0.2, -0.15) is 0 Å². The number of ether oxygens (including phenoxy) is 1. The summed E-state index contributed by atoms with van der Waals surface area (Å²) in [6, 6.07) is 7.25. The lowest BCUT2D eigenvalue weighted by Crippen LogP contribution is -1.98. The molecule has 0 unspecified atom stereocenters. The van der Waals surface area contributed by atoms with Gasteiger partial charge in [0.05, 0.1) is 23.7 Å². The standard InChI is InChI=1S/C14H16N2O2/c1-3-13(17)12-7-6-11(9-16-12)18-14-5-4-8-15-10(14)2/h4-9,13,17H,3H2,1-2H3/t13-/m1/s1. The van der Waals surface area contributed by atoms with Gasteiger partial charge in [0.25, 0.3) is 0 Å². The van der Waals surface area contributed by atoms with E-state index in [1.165, 1.54) is 0 Å². The Morgan fingerprint density at radius 1 is 1.28 bits per heavy atom. The fraction of sp³-hybridized carbons (Fsp3) is 0.286. The van der Waals surface area contributed by atoms with Gasteiger partial charge in [-0.1, -0.05) is 6.92 Å². The maximum Gasteiger partial charge on any atom is 0.148 e. The molecule has 4 nitrogen and oxygen atoms in total. The maximum atomic E-state index is 9.64. The van der Waals surface area contributed by atoms with Gasteiger partial charge in [-0.05, 0) is 37.6 Å². The molecule has 0 radical (unpaired) electrons. The Bertz CT molecular complexity index is 511. The van der Waals surface area contributed by atoms with Crippen molar-refractivity contribution in [2.75, 3.05) is 0 Å². The minimum Gasteiger partial charge on any atom is -0.454 e. The van der Waals surface area contributed by atoms with Crippen LogP contribution in [0.4, 0.5) is 0 Å². The summed E-state index contributed by atoms with van der Waals surface area (Å²) in [5.74, 6) is 1.35. The van der Waals surface area contributed by atoms with Gasteiger partial charge in [-0.15, -0.1) is 0 Å². The van der Waals surface area contributed by atoms with Crippen molar-refractivity contribution in [2.24, 2.45) is 0 Å². The second-order valence-corrected chi connectivity index (χ2v) is 4.03. The van der Waals surface area contributed by atoms with Crippen LogP contribution >= 0.6 is 0 Å². The monoisotopic (exact) mass is 244 g/mol. The van der Waals surface area contributed by atoms with Crippen molar-refractivity contribution in [3.05, 3.63) is 48.0 Å². The number of aromatic nitrogens is 2. The zero-order valence-electron chi connectivity index (χ0n) is 10.5. The van der Waals surface area contributed by atoms with Crippen LogP contribution in [0.5, 0.6) is 11.5 Å². The van der Waals surface area contributed by atoms with Crippen molar-refractivity contribution in [3.8, 4) is 11.5 Å². The fourth-order valence-corrected chi connectivity index (χ4v) is 1.56. The highest BCUT2D eigenvalue weighted by molar-refractivity contribution is 5.32. The van der Waals surface area contributed by atoms with Gasteiger partial charge in [0.15, 0.2) is 0 Å². The third kappa shape index (κ3) is 2.84. The van der Waals surface area contributed by atoms with Crippen molar-refractivity contribution >= 4 is 0 Å². The molecule has 94 valence electrons. The molecule has 2 heterocycles. The molecule has 18 heavy (non-hydrogen) atoms. The Balaban J connectivity index is 2.14. The highest BCUT2D eigenvalue weighted by atomic mass is 16.5. The number of aliphatic hydroxyl groups is 1. The molecule has 0 spiro atoms.